The largest absolute Gasteiger partial charge is 0.490 e. The number of carbonyl (C=O) groups excluding carboxylic acids is 1. The van der Waals surface area contributed by atoms with Crippen LogP contribution in [0.5, 0.6) is 11.5 Å². The number of hydrogen-bond acceptors (Lipinski definition) is 7. The molecular weight excluding hydrogens is 611 g/mol. The number of anilines is 1. The normalized spacial score (nSPS) is 13.5. The summed E-state index contributed by atoms with van der Waals surface area (Å²) in [6.07, 6.45) is 1.58. The van der Waals surface area contributed by atoms with E-state index < -0.39 is 4.92 Å². The van der Waals surface area contributed by atoms with Gasteiger partial charge in [0.1, 0.15) is 18.2 Å². The first-order valence-electron chi connectivity index (χ1n) is 12.4. The van der Waals surface area contributed by atoms with Crippen LogP contribution in [0.1, 0.15) is 18.1 Å². The lowest BCUT2D eigenvalue weighted by Gasteiger charge is -2.36. The van der Waals surface area contributed by atoms with E-state index >= 15 is 0 Å². The van der Waals surface area contributed by atoms with E-state index in [0.717, 1.165) is 14.8 Å². The SMILES string of the molecule is CCOc1cc(/C=C(/C#N)C(=O)N2CCN(c3ccccc3)CC2)cc(I)c1OCc1ccc([N+](=O)[O-])cc1. The summed E-state index contributed by atoms with van der Waals surface area (Å²) in [4.78, 5) is 27.6. The quantitative estimate of drug-likeness (QED) is 0.101. The highest BCUT2D eigenvalue weighted by Gasteiger charge is 2.24. The Kier molecular flexibility index (Phi) is 9.38. The highest BCUT2D eigenvalue weighted by Crippen LogP contribution is 2.36. The molecule has 3 aromatic carbocycles. The van der Waals surface area contributed by atoms with E-state index in [1.165, 1.54) is 12.1 Å². The lowest BCUT2D eigenvalue weighted by atomic mass is 10.1. The Morgan fingerprint density at radius 1 is 1.08 bits per heavy atom. The van der Waals surface area contributed by atoms with Crippen LogP contribution < -0.4 is 14.4 Å². The number of benzene rings is 3. The molecule has 4 rings (SSSR count). The molecule has 0 unspecified atom stereocenters. The van der Waals surface area contributed by atoms with E-state index in [2.05, 4.69) is 45.7 Å². The van der Waals surface area contributed by atoms with E-state index in [-0.39, 0.29) is 23.8 Å². The van der Waals surface area contributed by atoms with Crippen molar-refractivity contribution in [2.24, 2.45) is 0 Å². The predicted octanol–water partition coefficient (Wildman–Crippen LogP) is 5.43. The second kappa shape index (κ2) is 13.1. The Balaban J connectivity index is 1.47. The van der Waals surface area contributed by atoms with Crippen LogP contribution in [-0.2, 0) is 11.4 Å². The highest BCUT2D eigenvalue weighted by molar-refractivity contribution is 14.1. The van der Waals surface area contributed by atoms with Gasteiger partial charge in [0.05, 0.1) is 15.1 Å². The Hall–Kier alpha value is -4.11. The minimum atomic E-state index is -0.447. The second-order valence-corrected chi connectivity index (χ2v) is 9.92. The number of nitro benzene ring substituents is 1. The summed E-state index contributed by atoms with van der Waals surface area (Å²) in [5, 5.41) is 20.7. The Labute approximate surface area is 240 Å². The Morgan fingerprint density at radius 2 is 1.77 bits per heavy atom. The van der Waals surface area contributed by atoms with E-state index in [9.17, 15) is 20.2 Å². The molecule has 0 saturated carbocycles. The van der Waals surface area contributed by atoms with Crippen molar-refractivity contribution < 1.29 is 19.2 Å². The summed E-state index contributed by atoms with van der Waals surface area (Å²) in [7, 11) is 0. The molecule has 1 aliphatic rings. The summed E-state index contributed by atoms with van der Waals surface area (Å²) >= 11 is 2.13. The van der Waals surface area contributed by atoms with Gasteiger partial charge in [0.2, 0.25) is 0 Å². The van der Waals surface area contributed by atoms with Crippen molar-refractivity contribution in [2.75, 3.05) is 37.7 Å². The molecule has 39 heavy (non-hydrogen) atoms. The zero-order valence-electron chi connectivity index (χ0n) is 21.4. The lowest BCUT2D eigenvalue weighted by molar-refractivity contribution is -0.384. The third-order valence-corrected chi connectivity index (χ3v) is 7.01. The minimum Gasteiger partial charge on any atom is -0.490 e. The number of nitriles is 1. The van der Waals surface area contributed by atoms with Gasteiger partial charge in [0, 0.05) is 44.0 Å². The number of nitrogens with zero attached hydrogens (tertiary/aromatic N) is 4. The summed E-state index contributed by atoms with van der Waals surface area (Å²) in [6, 6.07) is 21.9. The first-order chi connectivity index (χ1) is 18.9. The van der Waals surface area contributed by atoms with Gasteiger partial charge in [0.25, 0.3) is 11.6 Å². The first kappa shape index (κ1) is 27.9. The fourth-order valence-corrected chi connectivity index (χ4v) is 5.01. The second-order valence-electron chi connectivity index (χ2n) is 8.76. The third-order valence-electron chi connectivity index (χ3n) is 6.21. The Bertz CT molecular complexity index is 1400. The number of ether oxygens (including phenoxy) is 2. The number of hydrogen-bond donors (Lipinski definition) is 0. The van der Waals surface area contributed by atoms with Crippen LogP contribution in [0.15, 0.2) is 72.3 Å². The van der Waals surface area contributed by atoms with Gasteiger partial charge in [-0.1, -0.05) is 18.2 Å². The summed E-state index contributed by atoms with van der Waals surface area (Å²) < 4.78 is 12.6. The van der Waals surface area contributed by atoms with Gasteiger partial charge in [-0.3, -0.25) is 14.9 Å². The van der Waals surface area contributed by atoms with E-state index in [4.69, 9.17) is 9.47 Å². The van der Waals surface area contributed by atoms with Crippen molar-refractivity contribution in [2.45, 2.75) is 13.5 Å². The summed E-state index contributed by atoms with van der Waals surface area (Å²) in [6.45, 7) is 4.90. The first-order valence-corrected chi connectivity index (χ1v) is 13.5. The van der Waals surface area contributed by atoms with Gasteiger partial charge >= 0.3 is 0 Å². The molecule has 1 aliphatic heterocycles. The standard InChI is InChI=1S/C29H27IN4O5/c1-2-38-27-18-22(17-26(30)28(27)39-20-21-8-10-25(11-9-21)34(36)37)16-23(19-31)29(35)33-14-12-32(13-15-33)24-6-4-3-5-7-24/h3-11,16-18H,2,12-15,20H2,1H3/b23-16-. The van der Waals surface area contributed by atoms with Crippen molar-refractivity contribution in [1.29, 1.82) is 5.26 Å². The number of non-ortho nitro benzene ring substituents is 1. The number of halogens is 1. The molecule has 0 atom stereocenters. The lowest BCUT2D eigenvalue weighted by Crippen LogP contribution is -2.49. The van der Waals surface area contributed by atoms with E-state index in [1.807, 2.05) is 31.2 Å². The smallest absolute Gasteiger partial charge is 0.269 e. The summed E-state index contributed by atoms with van der Waals surface area (Å²) in [5.74, 6) is 0.713. The molecule has 9 nitrogen and oxygen atoms in total. The zero-order chi connectivity index (χ0) is 27.8. The van der Waals surface area contributed by atoms with Crippen LogP contribution in [0.4, 0.5) is 11.4 Å². The highest BCUT2D eigenvalue weighted by atomic mass is 127. The molecule has 1 fully saturated rings. The molecule has 0 aliphatic carbocycles. The van der Waals surface area contributed by atoms with E-state index in [1.54, 1.807) is 29.2 Å². The average molecular weight is 638 g/mol. The van der Waals surface area contributed by atoms with Crippen LogP contribution >= 0.6 is 22.6 Å². The van der Waals surface area contributed by atoms with E-state index in [0.29, 0.717) is 49.8 Å². The summed E-state index contributed by atoms with van der Waals surface area (Å²) in [5.41, 5.74) is 2.61. The molecule has 1 saturated heterocycles. The zero-order valence-corrected chi connectivity index (χ0v) is 23.5. The molecule has 0 spiro atoms. The van der Waals surface area contributed by atoms with Crippen LogP contribution in [0, 0.1) is 25.0 Å². The number of rotatable bonds is 9. The maximum absolute atomic E-state index is 13.2. The molecule has 10 heteroatoms. The molecule has 200 valence electrons. The molecule has 0 aromatic heterocycles. The van der Waals surface area contributed by atoms with Crippen molar-refractivity contribution in [3.8, 4) is 17.6 Å². The molecule has 0 bridgehead atoms. The number of amides is 1. The van der Waals surface area contributed by atoms with Crippen LogP contribution in [0.3, 0.4) is 0 Å². The van der Waals surface area contributed by atoms with Gasteiger partial charge in [-0.15, -0.1) is 0 Å². The van der Waals surface area contributed by atoms with Gasteiger partial charge in [-0.2, -0.15) is 5.26 Å². The number of carbonyl (C=O) groups is 1. The average Bonchev–Trinajstić information content (AvgIpc) is 2.96. The van der Waals surface area contributed by atoms with Gasteiger partial charge in [-0.05, 0) is 83.1 Å². The molecule has 1 amide bonds. The van der Waals surface area contributed by atoms with Crippen LogP contribution in [0.25, 0.3) is 6.08 Å². The van der Waals surface area contributed by atoms with Gasteiger partial charge in [-0.25, -0.2) is 0 Å². The fourth-order valence-electron chi connectivity index (χ4n) is 4.23. The van der Waals surface area contributed by atoms with Gasteiger partial charge in [0.15, 0.2) is 11.5 Å². The topological polar surface area (TPSA) is 109 Å². The molecule has 3 aromatic rings. The number of para-hydroxylation sites is 1. The van der Waals surface area contributed by atoms with Crippen molar-refractivity contribution in [3.63, 3.8) is 0 Å². The maximum atomic E-state index is 13.2. The number of nitro groups is 1. The minimum absolute atomic E-state index is 0.0143. The molecular formula is C29H27IN4O5. The van der Waals surface area contributed by atoms with Crippen molar-refractivity contribution in [1.82, 2.24) is 4.90 Å². The van der Waals surface area contributed by atoms with Crippen molar-refractivity contribution >= 4 is 45.9 Å². The van der Waals surface area contributed by atoms with Crippen LogP contribution in [0.2, 0.25) is 0 Å². The van der Waals surface area contributed by atoms with Gasteiger partial charge < -0.3 is 19.3 Å². The van der Waals surface area contributed by atoms with Crippen LogP contribution in [-0.4, -0.2) is 48.5 Å². The molecule has 0 radical (unpaired) electrons. The maximum Gasteiger partial charge on any atom is 0.269 e. The molecule has 1 heterocycles. The third kappa shape index (κ3) is 7.06. The monoisotopic (exact) mass is 638 g/mol. The van der Waals surface area contributed by atoms with Crippen molar-refractivity contribution in [3.05, 3.63) is 97.1 Å². The number of piperazine rings is 1. The predicted molar refractivity (Wildman–Crippen MR) is 157 cm³/mol. The Morgan fingerprint density at radius 3 is 2.38 bits per heavy atom. The molecule has 0 N–H and O–H groups in total. The fraction of sp³-hybridized carbons (Fsp3) is 0.241.